The number of carbonyl (C=O) groups excluding carboxylic acids is 2. The highest BCUT2D eigenvalue weighted by Crippen LogP contribution is 2.34. The summed E-state index contributed by atoms with van der Waals surface area (Å²) in [6, 6.07) is 2.07. The van der Waals surface area contributed by atoms with Crippen molar-refractivity contribution in [2.24, 2.45) is 0 Å². The van der Waals surface area contributed by atoms with E-state index in [0.717, 1.165) is 37.5 Å². The van der Waals surface area contributed by atoms with E-state index in [4.69, 9.17) is 16.3 Å². The van der Waals surface area contributed by atoms with Crippen LogP contribution in [-0.4, -0.2) is 42.0 Å². The maximum absolute atomic E-state index is 12.8. The molecule has 5 nitrogen and oxygen atoms in total. The summed E-state index contributed by atoms with van der Waals surface area (Å²) in [5.41, 5.74) is -1.05. The summed E-state index contributed by atoms with van der Waals surface area (Å²) in [6.45, 7) is 1.01. The van der Waals surface area contributed by atoms with Crippen LogP contribution >= 0.6 is 11.6 Å². The zero-order valence-corrected chi connectivity index (χ0v) is 14.6. The third-order valence-corrected chi connectivity index (χ3v) is 5.04. The SMILES string of the molecule is O=C(C[C@H]1C(=O)OC[C@H]2CCCCN21)Nc1cc(C(F)(F)F)ccc1Cl. The lowest BCUT2D eigenvalue weighted by Crippen LogP contribution is -2.57. The molecule has 142 valence electrons. The number of esters is 1. The number of hydrogen-bond acceptors (Lipinski definition) is 4. The topological polar surface area (TPSA) is 58.6 Å². The first kappa shape index (κ1) is 19.0. The van der Waals surface area contributed by atoms with Crippen molar-refractivity contribution in [3.63, 3.8) is 0 Å². The number of hydrogen-bond donors (Lipinski definition) is 1. The highest BCUT2D eigenvalue weighted by molar-refractivity contribution is 6.33. The Morgan fingerprint density at radius 2 is 2.12 bits per heavy atom. The van der Waals surface area contributed by atoms with E-state index in [1.54, 1.807) is 0 Å². The summed E-state index contributed by atoms with van der Waals surface area (Å²) < 4.78 is 43.6. The van der Waals surface area contributed by atoms with Gasteiger partial charge in [-0.05, 0) is 37.6 Å². The van der Waals surface area contributed by atoms with Gasteiger partial charge in [-0.2, -0.15) is 13.2 Å². The van der Waals surface area contributed by atoms with Crippen LogP contribution in [0.2, 0.25) is 5.02 Å². The van der Waals surface area contributed by atoms with E-state index < -0.39 is 29.7 Å². The Labute approximate surface area is 153 Å². The molecule has 0 unspecified atom stereocenters. The fraction of sp³-hybridized carbons (Fsp3) is 0.529. The van der Waals surface area contributed by atoms with Gasteiger partial charge in [0.2, 0.25) is 5.91 Å². The zero-order valence-electron chi connectivity index (χ0n) is 13.8. The smallest absolute Gasteiger partial charge is 0.416 e. The number of nitrogens with zero attached hydrogens (tertiary/aromatic N) is 1. The molecule has 2 heterocycles. The second-order valence-corrected chi connectivity index (χ2v) is 6.89. The Hall–Kier alpha value is -1.80. The first-order valence-electron chi connectivity index (χ1n) is 8.34. The molecule has 0 spiro atoms. The molecule has 0 aliphatic carbocycles. The fourth-order valence-corrected chi connectivity index (χ4v) is 3.56. The van der Waals surface area contributed by atoms with E-state index in [0.29, 0.717) is 13.2 Å². The molecule has 0 bridgehead atoms. The van der Waals surface area contributed by atoms with Crippen molar-refractivity contribution in [2.45, 2.75) is 43.9 Å². The zero-order chi connectivity index (χ0) is 18.9. The second kappa shape index (κ2) is 7.44. The fourth-order valence-electron chi connectivity index (χ4n) is 3.40. The minimum absolute atomic E-state index is 0.00609. The predicted octanol–water partition coefficient (Wildman–Crippen LogP) is 3.47. The monoisotopic (exact) mass is 390 g/mol. The molecule has 3 rings (SSSR count). The quantitative estimate of drug-likeness (QED) is 0.803. The van der Waals surface area contributed by atoms with Crippen molar-refractivity contribution in [2.75, 3.05) is 18.5 Å². The number of morpholine rings is 1. The van der Waals surface area contributed by atoms with Gasteiger partial charge in [-0.25, -0.2) is 0 Å². The van der Waals surface area contributed by atoms with Crippen LogP contribution in [-0.2, 0) is 20.5 Å². The van der Waals surface area contributed by atoms with Gasteiger partial charge in [0.25, 0.3) is 0 Å². The molecule has 9 heteroatoms. The van der Waals surface area contributed by atoms with E-state index >= 15 is 0 Å². The number of rotatable bonds is 3. The third-order valence-electron chi connectivity index (χ3n) is 4.71. The number of nitrogens with one attached hydrogen (secondary N) is 1. The standard InChI is InChI=1S/C17H18ClF3N2O3/c18-12-5-4-10(17(19,20)21)7-13(12)22-15(24)8-14-16(25)26-9-11-3-1-2-6-23(11)14/h4-5,7,11,14H,1-3,6,8-9H2,(H,22,24)/t11-,14+/m1/s1. The molecule has 2 aliphatic heterocycles. The van der Waals surface area contributed by atoms with E-state index in [1.165, 1.54) is 0 Å². The largest absolute Gasteiger partial charge is 0.463 e. The number of piperidine rings is 1. The number of ether oxygens (including phenoxy) is 1. The average molecular weight is 391 g/mol. The van der Waals surface area contributed by atoms with Crippen LogP contribution in [0.3, 0.4) is 0 Å². The molecule has 0 radical (unpaired) electrons. The van der Waals surface area contributed by atoms with Crippen LogP contribution < -0.4 is 5.32 Å². The normalized spacial score (nSPS) is 23.9. The summed E-state index contributed by atoms with van der Waals surface area (Å²) in [7, 11) is 0. The number of halogens is 4. The molecule has 1 aromatic carbocycles. The van der Waals surface area contributed by atoms with Gasteiger partial charge in [-0.1, -0.05) is 18.0 Å². The molecule has 1 aromatic rings. The minimum Gasteiger partial charge on any atom is -0.463 e. The van der Waals surface area contributed by atoms with Crippen LogP contribution in [0.4, 0.5) is 18.9 Å². The summed E-state index contributed by atoms with van der Waals surface area (Å²) in [6.07, 6.45) is -1.87. The first-order chi connectivity index (χ1) is 12.3. The highest BCUT2D eigenvalue weighted by atomic mass is 35.5. The van der Waals surface area contributed by atoms with Gasteiger partial charge in [-0.15, -0.1) is 0 Å². The van der Waals surface area contributed by atoms with Crippen molar-refractivity contribution < 1.29 is 27.5 Å². The van der Waals surface area contributed by atoms with E-state index in [-0.39, 0.29) is 23.2 Å². The van der Waals surface area contributed by atoms with E-state index in [9.17, 15) is 22.8 Å². The van der Waals surface area contributed by atoms with Crippen molar-refractivity contribution in [3.05, 3.63) is 28.8 Å². The van der Waals surface area contributed by atoms with Crippen molar-refractivity contribution >= 4 is 29.2 Å². The van der Waals surface area contributed by atoms with Gasteiger partial charge < -0.3 is 10.1 Å². The lowest BCUT2D eigenvalue weighted by Gasteiger charge is -2.43. The van der Waals surface area contributed by atoms with Crippen molar-refractivity contribution in [1.29, 1.82) is 0 Å². The number of benzene rings is 1. The van der Waals surface area contributed by atoms with Crippen LogP contribution in [0.1, 0.15) is 31.2 Å². The molecular formula is C17H18ClF3N2O3. The molecular weight excluding hydrogens is 373 g/mol. The Bertz CT molecular complexity index is 711. The van der Waals surface area contributed by atoms with Crippen LogP contribution in [0.15, 0.2) is 18.2 Å². The minimum atomic E-state index is -4.54. The van der Waals surface area contributed by atoms with Gasteiger partial charge in [0.15, 0.2) is 0 Å². The van der Waals surface area contributed by atoms with Gasteiger partial charge in [0.05, 0.1) is 22.7 Å². The number of alkyl halides is 3. The number of amides is 1. The van der Waals surface area contributed by atoms with Gasteiger partial charge in [0, 0.05) is 6.04 Å². The molecule has 2 fully saturated rings. The predicted molar refractivity (Wildman–Crippen MR) is 88.8 cm³/mol. The summed E-state index contributed by atoms with van der Waals surface area (Å²) in [5, 5.41) is 2.37. The lowest BCUT2D eigenvalue weighted by atomic mass is 9.97. The molecule has 0 saturated carbocycles. The highest BCUT2D eigenvalue weighted by Gasteiger charge is 2.40. The maximum atomic E-state index is 12.8. The summed E-state index contributed by atoms with van der Waals surface area (Å²) >= 11 is 5.89. The van der Waals surface area contributed by atoms with Gasteiger partial charge >= 0.3 is 12.1 Å². The summed E-state index contributed by atoms with van der Waals surface area (Å²) in [5.74, 6) is -1.06. The summed E-state index contributed by atoms with van der Waals surface area (Å²) in [4.78, 5) is 26.4. The Kier molecular flexibility index (Phi) is 5.43. The molecule has 0 aromatic heterocycles. The lowest BCUT2D eigenvalue weighted by molar-refractivity contribution is -0.165. The molecule has 1 amide bonds. The molecule has 2 aliphatic rings. The number of fused-ring (bicyclic) bond motifs is 1. The Morgan fingerprint density at radius 3 is 2.85 bits per heavy atom. The van der Waals surface area contributed by atoms with Crippen molar-refractivity contribution in [1.82, 2.24) is 4.90 Å². The Morgan fingerprint density at radius 1 is 1.35 bits per heavy atom. The maximum Gasteiger partial charge on any atom is 0.416 e. The molecule has 1 N–H and O–H groups in total. The van der Waals surface area contributed by atoms with Crippen molar-refractivity contribution in [3.8, 4) is 0 Å². The first-order valence-corrected chi connectivity index (χ1v) is 8.72. The van der Waals surface area contributed by atoms with E-state index in [1.807, 2.05) is 4.90 Å². The van der Waals surface area contributed by atoms with E-state index in [2.05, 4.69) is 5.32 Å². The van der Waals surface area contributed by atoms with Gasteiger partial charge in [-0.3, -0.25) is 14.5 Å². The van der Waals surface area contributed by atoms with Crippen LogP contribution in [0.25, 0.3) is 0 Å². The third kappa shape index (κ3) is 4.12. The number of carbonyl (C=O) groups is 2. The molecule has 26 heavy (non-hydrogen) atoms. The molecule has 2 saturated heterocycles. The number of cyclic esters (lactones) is 1. The average Bonchev–Trinajstić information content (AvgIpc) is 2.58. The van der Waals surface area contributed by atoms with Crippen LogP contribution in [0.5, 0.6) is 0 Å². The van der Waals surface area contributed by atoms with Crippen LogP contribution in [0, 0.1) is 0 Å². The molecule has 2 atom stereocenters. The Balaban J connectivity index is 1.71. The number of anilines is 1. The van der Waals surface area contributed by atoms with Gasteiger partial charge in [0.1, 0.15) is 12.6 Å². The second-order valence-electron chi connectivity index (χ2n) is 6.48.